The zero-order valence-electron chi connectivity index (χ0n) is 12.9. The maximum Gasteiger partial charge on any atom is 0.211 e. The van der Waals surface area contributed by atoms with Gasteiger partial charge in [-0.25, -0.2) is 0 Å². The lowest BCUT2D eigenvalue weighted by atomic mass is 9.97. The molecule has 0 fully saturated rings. The molecule has 118 valence electrons. The highest BCUT2D eigenvalue weighted by Gasteiger charge is 2.26. The molecule has 0 radical (unpaired) electrons. The van der Waals surface area contributed by atoms with Crippen LogP contribution in [0.2, 0.25) is 0 Å². The number of carbonyl (C=O) groups excluding carboxylic acids is 2. The van der Waals surface area contributed by atoms with Crippen molar-refractivity contribution in [3.05, 3.63) is 77.4 Å². The van der Waals surface area contributed by atoms with Gasteiger partial charge in [-0.05, 0) is 30.2 Å². The van der Waals surface area contributed by atoms with Gasteiger partial charge in [-0.3, -0.25) is 14.6 Å². The molecule has 1 aromatic carbocycles. The molecule has 0 aliphatic heterocycles. The molecule has 24 heavy (non-hydrogen) atoms. The van der Waals surface area contributed by atoms with Gasteiger partial charge >= 0.3 is 0 Å². The van der Waals surface area contributed by atoms with E-state index in [9.17, 15) is 9.59 Å². The number of Topliss-reactive ketones (excluding diaryl/α,β-unsaturated/α-hetero) is 1. The van der Waals surface area contributed by atoms with Gasteiger partial charge < -0.3 is 10.3 Å². The Morgan fingerprint density at radius 2 is 1.96 bits per heavy atom. The van der Waals surface area contributed by atoms with E-state index < -0.39 is 0 Å². The van der Waals surface area contributed by atoms with Crippen LogP contribution in [0.3, 0.4) is 0 Å². The Hall–Kier alpha value is -3.21. The lowest BCUT2D eigenvalue weighted by molar-refractivity contribution is 0.0975. The van der Waals surface area contributed by atoms with Crippen LogP contribution in [0.1, 0.15) is 26.4 Å². The van der Waals surface area contributed by atoms with Crippen LogP contribution in [-0.2, 0) is 6.42 Å². The third-order valence-electron chi connectivity index (χ3n) is 4.19. The molecule has 3 aromatic rings. The normalized spacial score (nSPS) is 13.8. The first kappa shape index (κ1) is 14.4. The molecule has 2 aromatic heterocycles. The highest BCUT2D eigenvalue weighted by molar-refractivity contribution is 6.23. The van der Waals surface area contributed by atoms with Gasteiger partial charge in [0, 0.05) is 35.9 Å². The maximum atomic E-state index is 12.4. The largest absolute Gasteiger partial charge is 0.381 e. The lowest BCUT2D eigenvalue weighted by Gasteiger charge is -2.15. The average molecular weight is 317 g/mol. The standard InChI is InChI=1S/C19H15N3O2/c23-17-10-16(19(24)14-5-3-8-21-18(14)17)20-9-7-12-11-22-15-6-2-1-4-13(12)15/h1-6,8,10-11,20,22H,7,9H2. The molecule has 0 bridgehead atoms. The summed E-state index contributed by atoms with van der Waals surface area (Å²) in [6, 6.07) is 11.4. The van der Waals surface area contributed by atoms with Gasteiger partial charge in [0.1, 0.15) is 5.69 Å². The van der Waals surface area contributed by atoms with E-state index in [2.05, 4.69) is 21.4 Å². The number of allylic oxidation sites excluding steroid dienone is 2. The number of rotatable bonds is 4. The number of H-pyrrole nitrogens is 1. The van der Waals surface area contributed by atoms with Gasteiger partial charge in [0.25, 0.3) is 0 Å². The number of nitrogens with zero attached hydrogens (tertiary/aromatic N) is 1. The van der Waals surface area contributed by atoms with Crippen LogP contribution >= 0.6 is 0 Å². The number of carbonyl (C=O) groups is 2. The van der Waals surface area contributed by atoms with Crippen LogP contribution in [0, 0.1) is 0 Å². The molecule has 1 aliphatic rings. The van der Waals surface area contributed by atoms with Crippen molar-refractivity contribution in [2.45, 2.75) is 6.42 Å². The predicted octanol–water partition coefficient (Wildman–Crippen LogP) is 2.66. The van der Waals surface area contributed by atoms with Crippen molar-refractivity contribution >= 4 is 22.5 Å². The van der Waals surface area contributed by atoms with Crippen LogP contribution < -0.4 is 5.32 Å². The highest BCUT2D eigenvalue weighted by atomic mass is 16.1. The molecule has 2 heterocycles. The Morgan fingerprint density at radius 1 is 1.08 bits per heavy atom. The Morgan fingerprint density at radius 3 is 2.88 bits per heavy atom. The number of nitrogens with one attached hydrogen (secondary N) is 2. The zero-order valence-corrected chi connectivity index (χ0v) is 12.9. The smallest absolute Gasteiger partial charge is 0.211 e. The number of ketones is 2. The summed E-state index contributed by atoms with van der Waals surface area (Å²) in [6.45, 7) is 0.572. The van der Waals surface area contributed by atoms with Crippen molar-refractivity contribution in [2.75, 3.05) is 6.54 Å². The minimum atomic E-state index is -0.236. The fraction of sp³-hybridized carbons (Fsp3) is 0.105. The van der Waals surface area contributed by atoms with Gasteiger partial charge in [-0.2, -0.15) is 0 Å². The number of aromatic nitrogens is 2. The first-order chi connectivity index (χ1) is 11.7. The van der Waals surface area contributed by atoms with Gasteiger partial charge in [-0.1, -0.05) is 18.2 Å². The fourth-order valence-electron chi connectivity index (χ4n) is 3.00. The first-order valence-corrected chi connectivity index (χ1v) is 7.78. The van der Waals surface area contributed by atoms with Gasteiger partial charge in [0.2, 0.25) is 11.6 Å². The summed E-state index contributed by atoms with van der Waals surface area (Å²) in [4.78, 5) is 31.7. The molecule has 0 spiro atoms. The second kappa shape index (κ2) is 5.77. The van der Waals surface area contributed by atoms with Gasteiger partial charge in [0.05, 0.1) is 11.3 Å². The van der Waals surface area contributed by atoms with E-state index in [0.717, 1.165) is 11.9 Å². The number of aromatic amines is 1. The van der Waals surface area contributed by atoms with E-state index in [1.807, 2.05) is 24.4 Å². The van der Waals surface area contributed by atoms with Crippen LogP contribution in [-0.4, -0.2) is 28.1 Å². The molecule has 1 aliphatic carbocycles. The molecule has 0 atom stereocenters. The summed E-state index contributed by atoms with van der Waals surface area (Å²) < 4.78 is 0. The Balaban J connectivity index is 1.49. The summed E-state index contributed by atoms with van der Waals surface area (Å²) >= 11 is 0. The second-order valence-corrected chi connectivity index (χ2v) is 5.69. The summed E-state index contributed by atoms with van der Waals surface area (Å²) in [5, 5.41) is 4.27. The van der Waals surface area contributed by atoms with Crippen LogP contribution in [0.5, 0.6) is 0 Å². The number of hydrogen-bond acceptors (Lipinski definition) is 4. The van der Waals surface area contributed by atoms with Crippen LogP contribution in [0.4, 0.5) is 0 Å². The fourth-order valence-corrected chi connectivity index (χ4v) is 3.00. The first-order valence-electron chi connectivity index (χ1n) is 7.78. The van der Waals surface area contributed by atoms with Crippen molar-refractivity contribution in [1.82, 2.24) is 15.3 Å². The van der Waals surface area contributed by atoms with E-state index in [0.29, 0.717) is 17.8 Å². The monoisotopic (exact) mass is 317 g/mol. The van der Waals surface area contributed by atoms with Crippen molar-refractivity contribution in [1.29, 1.82) is 0 Å². The zero-order chi connectivity index (χ0) is 16.5. The molecule has 0 saturated carbocycles. The predicted molar refractivity (Wildman–Crippen MR) is 91.0 cm³/mol. The van der Waals surface area contributed by atoms with Crippen LogP contribution in [0.15, 0.2) is 60.6 Å². The number of fused-ring (bicyclic) bond motifs is 2. The molecule has 4 rings (SSSR count). The molecular weight excluding hydrogens is 302 g/mol. The topological polar surface area (TPSA) is 74.8 Å². The molecule has 5 nitrogen and oxygen atoms in total. The summed E-state index contributed by atoms with van der Waals surface area (Å²) in [6.07, 6.45) is 5.59. The van der Waals surface area contributed by atoms with E-state index in [-0.39, 0.29) is 17.3 Å². The van der Waals surface area contributed by atoms with Crippen molar-refractivity contribution in [3.63, 3.8) is 0 Å². The van der Waals surface area contributed by atoms with E-state index in [1.54, 1.807) is 12.1 Å². The molecule has 0 unspecified atom stereocenters. The minimum Gasteiger partial charge on any atom is -0.381 e. The maximum absolute atomic E-state index is 12.4. The number of para-hydroxylation sites is 1. The second-order valence-electron chi connectivity index (χ2n) is 5.69. The van der Waals surface area contributed by atoms with E-state index >= 15 is 0 Å². The van der Waals surface area contributed by atoms with Gasteiger partial charge in [0.15, 0.2) is 0 Å². The van der Waals surface area contributed by atoms with Crippen LogP contribution in [0.25, 0.3) is 10.9 Å². The summed E-state index contributed by atoms with van der Waals surface area (Å²) in [7, 11) is 0. The molecule has 0 amide bonds. The third kappa shape index (κ3) is 2.40. The number of hydrogen-bond donors (Lipinski definition) is 2. The number of benzene rings is 1. The van der Waals surface area contributed by atoms with Crippen molar-refractivity contribution in [3.8, 4) is 0 Å². The van der Waals surface area contributed by atoms with Gasteiger partial charge in [-0.15, -0.1) is 0 Å². The number of pyridine rings is 1. The minimum absolute atomic E-state index is 0.184. The van der Waals surface area contributed by atoms with E-state index in [1.165, 1.54) is 23.2 Å². The SMILES string of the molecule is O=C1C(NCCc2c[nH]c3ccccc23)=CC(=O)c2ncccc21. The van der Waals surface area contributed by atoms with E-state index in [4.69, 9.17) is 0 Å². The molecule has 5 heteroatoms. The van der Waals surface area contributed by atoms with Crippen molar-refractivity contribution in [2.24, 2.45) is 0 Å². The molecule has 2 N–H and O–H groups in total. The molecular formula is C19H15N3O2. The quantitative estimate of drug-likeness (QED) is 0.776. The van der Waals surface area contributed by atoms with Crippen molar-refractivity contribution < 1.29 is 9.59 Å². The molecule has 0 saturated heterocycles. The summed E-state index contributed by atoms with van der Waals surface area (Å²) in [5.41, 5.74) is 3.19. The lowest BCUT2D eigenvalue weighted by Crippen LogP contribution is -2.28. The Kier molecular flexibility index (Phi) is 3.46. The highest BCUT2D eigenvalue weighted by Crippen LogP contribution is 2.19. The Labute approximate surface area is 138 Å². The Bertz CT molecular complexity index is 985. The average Bonchev–Trinajstić information content (AvgIpc) is 3.03. The summed E-state index contributed by atoms with van der Waals surface area (Å²) in [5.74, 6) is -0.420. The third-order valence-corrected chi connectivity index (χ3v) is 4.19.